The minimum absolute atomic E-state index is 0.302. The van der Waals surface area contributed by atoms with Crippen LogP contribution >= 0.6 is 0 Å². The van der Waals surface area contributed by atoms with Crippen molar-refractivity contribution in [2.45, 2.75) is 60.8 Å². The van der Waals surface area contributed by atoms with Crippen LogP contribution in [0.25, 0.3) is 0 Å². The summed E-state index contributed by atoms with van der Waals surface area (Å²) in [7, 11) is -13.0. The lowest BCUT2D eigenvalue weighted by molar-refractivity contribution is -0.128. The molecule has 0 saturated carbocycles. The second kappa shape index (κ2) is 10.7. The van der Waals surface area contributed by atoms with Gasteiger partial charge in [-0.3, -0.25) is 4.72 Å². The first-order chi connectivity index (χ1) is 19.8. The monoisotopic (exact) mass is 613 g/mol. The zero-order chi connectivity index (χ0) is 32.1. The smallest absolute Gasteiger partial charge is 0.267 e. The van der Waals surface area contributed by atoms with E-state index >= 15 is 0 Å². The van der Waals surface area contributed by atoms with E-state index in [0.29, 0.717) is 27.9 Å². The second-order valence-electron chi connectivity index (χ2n) is 9.30. The van der Waals surface area contributed by atoms with Gasteiger partial charge in [-0.15, -0.1) is 0 Å². The number of aromatic nitrogens is 1. The Morgan fingerprint density at radius 1 is 1.07 bits per heavy atom. The first kappa shape index (κ1) is 25.9. The number of hydrogen-bond acceptors (Lipinski definition) is 5. The number of anilines is 1. The highest BCUT2D eigenvalue weighted by Gasteiger charge is 2.47. The number of fused-ring (bicyclic) bond motifs is 1. The molecule has 0 spiro atoms. The van der Waals surface area contributed by atoms with Crippen molar-refractivity contribution >= 4 is 25.7 Å². The molecular formula is C25H24F6N2O5S2. The number of nitrogens with zero attached hydrogens (tertiary/aromatic N) is 1. The summed E-state index contributed by atoms with van der Waals surface area (Å²) in [6, 6.07) is 5.94. The number of ether oxygens (including phenoxy) is 1. The molecule has 1 atom stereocenters. The van der Waals surface area contributed by atoms with Gasteiger partial charge in [-0.25, -0.2) is 47.2 Å². The Morgan fingerprint density at radius 2 is 1.75 bits per heavy atom. The van der Waals surface area contributed by atoms with Crippen molar-refractivity contribution in [3.63, 3.8) is 0 Å². The fraction of sp³-hybridized carbons (Fsp3) is 0.360. The lowest BCUT2D eigenvalue weighted by Gasteiger charge is -2.35. The van der Waals surface area contributed by atoms with Crippen molar-refractivity contribution < 1.29 is 52.0 Å². The summed E-state index contributed by atoms with van der Waals surface area (Å²) in [5, 5.41) is 0. The molecule has 1 aliphatic carbocycles. The molecule has 218 valence electrons. The maximum absolute atomic E-state index is 14.7. The highest BCUT2D eigenvalue weighted by atomic mass is 32.2. The molecule has 3 aromatic rings. The predicted molar refractivity (Wildman–Crippen MR) is 133 cm³/mol. The molecule has 0 saturated heterocycles. The minimum atomic E-state index is -4.98. The largest absolute Gasteiger partial charge is 0.372 e. The molecule has 1 aromatic heterocycles. The molecule has 15 heteroatoms. The third-order valence-electron chi connectivity index (χ3n) is 6.63. The van der Waals surface area contributed by atoms with Gasteiger partial charge in [0.1, 0.15) is 22.1 Å². The van der Waals surface area contributed by atoms with E-state index in [1.807, 2.05) is 0 Å². The van der Waals surface area contributed by atoms with E-state index in [9.17, 15) is 43.2 Å². The Bertz CT molecular complexity index is 1750. The van der Waals surface area contributed by atoms with Crippen LogP contribution < -0.4 is 4.72 Å². The summed E-state index contributed by atoms with van der Waals surface area (Å²) in [5.74, 6) is -2.76. The van der Waals surface area contributed by atoms with E-state index in [1.165, 1.54) is 24.3 Å². The summed E-state index contributed by atoms with van der Waals surface area (Å²) in [6.45, 7) is 1.66. The first-order valence-electron chi connectivity index (χ1n) is 13.1. The number of methoxy groups -OCH3 is 1. The van der Waals surface area contributed by atoms with Crippen LogP contribution in [0, 0.1) is 18.6 Å². The van der Waals surface area contributed by atoms with Gasteiger partial charge >= 0.3 is 0 Å². The molecule has 0 aliphatic heterocycles. The maximum atomic E-state index is 14.7. The first-order valence-corrected chi connectivity index (χ1v) is 14.5. The Morgan fingerprint density at radius 3 is 2.35 bits per heavy atom. The summed E-state index contributed by atoms with van der Waals surface area (Å²) in [6.07, 6.45) is -9.39. The van der Waals surface area contributed by atoms with Crippen LogP contribution in [0.5, 0.6) is 0 Å². The van der Waals surface area contributed by atoms with Crippen LogP contribution in [0.15, 0.2) is 52.4 Å². The third kappa shape index (κ3) is 5.46. The van der Waals surface area contributed by atoms with Crippen molar-refractivity contribution in [1.29, 1.82) is 0 Å². The lowest BCUT2D eigenvalue weighted by Crippen LogP contribution is -2.45. The summed E-state index contributed by atoms with van der Waals surface area (Å²) >= 11 is 0. The molecule has 0 bridgehead atoms. The van der Waals surface area contributed by atoms with Crippen molar-refractivity contribution in [3.05, 3.63) is 76.6 Å². The van der Waals surface area contributed by atoms with Gasteiger partial charge < -0.3 is 4.74 Å². The summed E-state index contributed by atoms with van der Waals surface area (Å²) in [4.78, 5) is -1.16. The molecule has 40 heavy (non-hydrogen) atoms. The molecule has 0 amide bonds. The Hall–Kier alpha value is -3.04. The fourth-order valence-corrected chi connectivity index (χ4v) is 7.30. The molecule has 0 unspecified atom stereocenters. The van der Waals surface area contributed by atoms with Crippen molar-refractivity contribution in [2.75, 3.05) is 11.8 Å². The predicted octanol–water partition coefficient (Wildman–Crippen LogP) is 5.06. The van der Waals surface area contributed by atoms with Crippen LogP contribution in [0.4, 0.5) is 32.0 Å². The third-order valence-corrected chi connectivity index (χ3v) is 9.77. The highest BCUT2D eigenvalue weighted by molar-refractivity contribution is 7.93. The lowest BCUT2D eigenvalue weighted by atomic mass is 9.84. The van der Waals surface area contributed by atoms with Gasteiger partial charge in [0.15, 0.2) is 0 Å². The highest BCUT2D eigenvalue weighted by Crippen LogP contribution is 2.41. The number of hydrogen-bond donors (Lipinski definition) is 1. The molecule has 0 fully saturated rings. The van der Waals surface area contributed by atoms with Gasteiger partial charge in [-0.1, -0.05) is 17.7 Å². The van der Waals surface area contributed by atoms with E-state index in [2.05, 4.69) is 0 Å². The van der Waals surface area contributed by atoms with E-state index in [-0.39, 0.29) is 10.5 Å². The molecule has 0 radical (unpaired) electrons. The Labute approximate surface area is 231 Å². The van der Waals surface area contributed by atoms with Crippen molar-refractivity contribution in [3.8, 4) is 0 Å². The van der Waals surface area contributed by atoms with Crippen molar-refractivity contribution in [2.24, 2.45) is 0 Å². The Balaban J connectivity index is 1.88. The molecular weight excluding hydrogens is 586 g/mol. The van der Waals surface area contributed by atoms with Crippen LogP contribution in [-0.4, -0.2) is 46.3 Å². The number of halogens is 6. The normalized spacial score (nSPS) is 19.3. The quantitative estimate of drug-likeness (QED) is 0.341. The minimum Gasteiger partial charge on any atom is -0.372 e. The average molecular weight is 614 g/mol. The molecule has 1 N–H and O–H groups in total. The molecule has 2 aromatic carbocycles. The summed E-state index contributed by atoms with van der Waals surface area (Å²) < 4.78 is 166. The molecule has 4 rings (SSSR count). The van der Waals surface area contributed by atoms with Gasteiger partial charge in [0.05, 0.1) is 14.7 Å². The van der Waals surface area contributed by atoms with Crippen LogP contribution in [0.1, 0.15) is 32.9 Å². The van der Waals surface area contributed by atoms with E-state index < -0.39 is 105 Å². The topological polar surface area (TPSA) is 94.5 Å². The van der Waals surface area contributed by atoms with Crippen LogP contribution in [0.2, 0.25) is 0 Å². The number of aryl methyl sites for hydroxylation is 1. The van der Waals surface area contributed by atoms with Gasteiger partial charge in [0.25, 0.3) is 26.5 Å². The standard InChI is InChI=1S/C25H24F6N2O5S2/c1-14-3-5-16(6-4-14)40(36,37)33-13-22(17-7-8-25(38-2,24(30)31)12-21(17)33)39(34,35)32-20-11-18(26)15(9-19(20)27)10-23(28)29/h3-6,9,11,13,23-24,32H,7-8,10,12H2,1-2H3/t25-/m1/s1/i2D3. The number of nitrogens with one attached hydrogen (secondary N) is 1. The van der Waals surface area contributed by atoms with Gasteiger partial charge in [0, 0.05) is 37.8 Å². The SMILES string of the molecule is [2H]C([2H])([2H])O[C@]1(C(F)F)CCc2c(S(=O)(=O)Nc3cc(F)c(CC(F)F)cc3F)cn(S(=O)(=O)c3ccc(C)cc3)c2C1. The van der Waals surface area contributed by atoms with Crippen molar-refractivity contribution in [1.82, 2.24) is 3.97 Å². The number of rotatable bonds is 9. The molecule has 1 aliphatic rings. The van der Waals surface area contributed by atoms with Crippen LogP contribution in [0.3, 0.4) is 0 Å². The zero-order valence-electron chi connectivity index (χ0n) is 23.6. The van der Waals surface area contributed by atoms with Gasteiger partial charge in [-0.05, 0) is 49.1 Å². The summed E-state index contributed by atoms with van der Waals surface area (Å²) in [5.41, 5.74) is -4.58. The van der Waals surface area contributed by atoms with E-state index in [1.54, 1.807) is 11.6 Å². The molecule has 7 nitrogen and oxygen atoms in total. The number of alkyl halides is 4. The zero-order valence-corrected chi connectivity index (χ0v) is 22.2. The maximum Gasteiger partial charge on any atom is 0.267 e. The van der Waals surface area contributed by atoms with Gasteiger partial charge in [0.2, 0.25) is 6.43 Å². The fourth-order valence-electron chi connectivity index (χ4n) is 4.47. The van der Waals surface area contributed by atoms with Crippen LogP contribution in [-0.2, 0) is 44.0 Å². The second-order valence-corrected chi connectivity index (χ2v) is 12.8. The Kier molecular flexibility index (Phi) is 6.96. The molecule has 1 heterocycles. The average Bonchev–Trinajstić information content (AvgIpc) is 3.26. The number of benzene rings is 2. The van der Waals surface area contributed by atoms with E-state index in [4.69, 9.17) is 8.85 Å². The van der Waals surface area contributed by atoms with E-state index in [0.717, 1.165) is 0 Å². The van der Waals surface area contributed by atoms with Gasteiger partial charge in [-0.2, -0.15) is 0 Å². The number of sulfonamides is 1.